The molecule has 0 aromatic heterocycles. The van der Waals surface area contributed by atoms with Gasteiger partial charge in [0.25, 0.3) is 0 Å². The number of esters is 1. The van der Waals surface area contributed by atoms with Gasteiger partial charge in [0.05, 0.1) is 24.7 Å². The molecular weight excluding hydrogens is 308 g/mol. The molecule has 0 amide bonds. The van der Waals surface area contributed by atoms with Crippen molar-refractivity contribution in [3.63, 3.8) is 0 Å². The molecule has 0 saturated carbocycles. The number of fused-ring (bicyclic) bond motifs is 1. The maximum absolute atomic E-state index is 12.4. The molecule has 0 radical (unpaired) electrons. The molecule has 0 spiro atoms. The summed E-state index contributed by atoms with van der Waals surface area (Å²) < 4.78 is 16.1. The van der Waals surface area contributed by atoms with Gasteiger partial charge in [-0.15, -0.1) is 0 Å². The Morgan fingerprint density at radius 3 is 3.00 bits per heavy atom. The van der Waals surface area contributed by atoms with Crippen molar-refractivity contribution in [3.05, 3.63) is 52.1 Å². The first-order valence-corrected chi connectivity index (χ1v) is 7.77. The fourth-order valence-electron chi connectivity index (χ4n) is 3.07. The molecule has 24 heavy (non-hydrogen) atoms. The minimum Gasteiger partial charge on any atom is -0.493 e. The smallest absolute Gasteiger partial charge is 0.338 e. The van der Waals surface area contributed by atoms with Crippen LogP contribution in [0.1, 0.15) is 30.9 Å². The van der Waals surface area contributed by atoms with E-state index in [0.717, 1.165) is 23.3 Å². The average molecular weight is 326 g/mol. The van der Waals surface area contributed by atoms with Crippen LogP contribution in [0.15, 0.2) is 41.0 Å². The minimum atomic E-state index is -0.603. The van der Waals surface area contributed by atoms with Crippen LogP contribution in [-0.2, 0) is 20.7 Å². The number of nitriles is 1. The van der Waals surface area contributed by atoms with E-state index in [9.17, 15) is 10.1 Å². The summed E-state index contributed by atoms with van der Waals surface area (Å²) in [4.78, 5) is 12.4. The molecule has 6 heteroatoms. The van der Waals surface area contributed by atoms with E-state index < -0.39 is 11.9 Å². The van der Waals surface area contributed by atoms with Gasteiger partial charge in [0.1, 0.15) is 23.2 Å². The van der Waals surface area contributed by atoms with Crippen LogP contribution in [-0.4, -0.2) is 19.2 Å². The zero-order valence-electron chi connectivity index (χ0n) is 13.6. The lowest BCUT2D eigenvalue weighted by Crippen LogP contribution is -2.25. The molecule has 6 nitrogen and oxygen atoms in total. The van der Waals surface area contributed by atoms with Crippen molar-refractivity contribution < 1.29 is 19.0 Å². The van der Waals surface area contributed by atoms with Crippen LogP contribution in [0.5, 0.6) is 5.75 Å². The number of hydrogen-bond donors (Lipinski definition) is 1. The summed E-state index contributed by atoms with van der Waals surface area (Å²) in [5.74, 6) is 0.0989. The number of benzene rings is 1. The lowest BCUT2D eigenvalue weighted by Gasteiger charge is -2.27. The Morgan fingerprint density at radius 2 is 2.29 bits per heavy atom. The monoisotopic (exact) mass is 326 g/mol. The molecule has 1 atom stereocenters. The molecule has 2 N–H and O–H groups in total. The SMILES string of the molecule is CCOC(=O)C1=C(C)OC(N)=C(C#N)[C@@H]1c1ccc2c(c1)CCO2. The summed E-state index contributed by atoms with van der Waals surface area (Å²) in [7, 11) is 0. The highest BCUT2D eigenvalue weighted by Crippen LogP contribution is 2.41. The number of allylic oxidation sites excluding steroid dienone is 2. The summed E-state index contributed by atoms with van der Waals surface area (Å²) in [6.45, 7) is 4.25. The van der Waals surface area contributed by atoms with Crippen LogP contribution in [0.25, 0.3) is 0 Å². The van der Waals surface area contributed by atoms with E-state index in [-0.39, 0.29) is 18.1 Å². The second-order valence-corrected chi connectivity index (χ2v) is 5.58. The number of ether oxygens (including phenoxy) is 3. The third-order valence-corrected chi connectivity index (χ3v) is 4.15. The molecule has 3 rings (SSSR count). The lowest BCUT2D eigenvalue weighted by molar-refractivity contribution is -0.139. The molecular formula is C18H18N2O4. The van der Waals surface area contributed by atoms with Gasteiger partial charge in [0.15, 0.2) is 0 Å². The Bertz CT molecular complexity index is 802. The van der Waals surface area contributed by atoms with Crippen LogP contribution in [0.2, 0.25) is 0 Å². The number of rotatable bonds is 3. The van der Waals surface area contributed by atoms with Gasteiger partial charge in [-0.2, -0.15) is 5.26 Å². The van der Waals surface area contributed by atoms with Gasteiger partial charge >= 0.3 is 5.97 Å². The Kier molecular flexibility index (Phi) is 4.17. The molecule has 0 fully saturated rings. The third-order valence-electron chi connectivity index (χ3n) is 4.15. The Morgan fingerprint density at radius 1 is 1.50 bits per heavy atom. The summed E-state index contributed by atoms with van der Waals surface area (Å²) in [5, 5.41) is 9.54. The molecule has 0 bridgehead atoms. The van der Waals surface area contributed by atoms with E-state index in [1.807, 2.05) is 18.2 Å². The van der Waals surface area contributed by atoms with E-state index in [1.54, 1.807) is 13.8 Å². The van der Waals surface area contributed by atoms with Gasteiger partial charge in [0, 0.05) is 6.42 Å². The molecule has 0 unspecified atom stereocenters. The molecule has 0 aliphatic carbocycles. The fourth-order valence-corrected chi connectivity index (χ4v) is 3.07. The normalized spacial score (nSPS) is 19.3. The van der Waals surface area contributed by atoms with E-state index >= 15 is 0 Å². The van der Waals surface area contributed by atoms with Crippen molar-refractivity contribution in [3.8, 4) is 11.8 Å². The lowest BCUT2D eigenvalue weighted by atomic mass is 9.82. The van der Waals surface area contributed by atoms with Gasteiger partial charge in [0.2, 0.25) is 5.88 Å². The predicted octanol–water partition coefficient (Wildman–Crippen LogP) is 2.27. The predicted molar refractivity (Wildman–Crippen MR) is 85.6 cm³/mol. The van der Waals surface area contributed by atoms with Crippen LogP contribution in [0.4, 0.5) is 0 Å². The van der Waals surface area contributed by atoms with Gasteiger partial charge < -0.3 is 19.9 Å². The molecule has 1 aromatic carbocycles. The first-order valence-electron chi connectivity index (χ1n) is 7.77. The largest absolute Gasteiger partial charge is 0.493 e. The van der Waals surface area contributed by atoms with Crippen LogP contribution >= 0.6 is 0 Å². The van der Waals surface area contributed by atoms with Crippen molar-refractivity contribution in [2.45, 2.75) is 26.2 Å². The highest BCUT2D eigenvalue weighted by atomic mass is 16.5. The van der Waals surface area contributed by atoms with Crippen molar-refractivity contribution in [1.29, 1.82) is 5.26 Å². The number of hydrogen-bond acceptors (Lipinski definition) is 6. The van der Waals surface area contributed by atoms with E-state index in [4.69, 9.17) is 19.9 Å². The number of carbonyl (C=O) groups excluding carboxylic acids is 1. The maximum atomic E-state index is 12.4. The van der Waals surface area contributed by atoms with Gasteiger partial charge in [-0.25, -0.2) is 4.79 Å². The third kappa shape index (κ3) is 2.58. The van der Waals surface area contributed by atoms with E-state index in [0.29, 0.717) is 17.9 Å². The Hall–Kier alpha value is -2.94. The molecule has 2 heterocycles. The quantitative estimate of drug-likeness (QED) is 0.856. The van der Waals surface area contributed by atoms with Crippen molar-refractivity contribution in [1.82, 2.24) is 0 Å². The van der Waals surface area contributed by atoms with Crippen LogP contribution < -0.4 is 10.5 Å². The van der Waals surface area contributed by atoms with E-state index in [1.165, 1.54) is 0 Å². The minimum absolute atomic E-state index is 0.0183. The van der Waals surface area contributed by atoms with Crippen molar-refractivity contribution in [2.24, 2.45) is 5.73 Å². The molecule has 2 aliphatic heterocycles. The van der Waals surface area contributed by atoms with Crippen molar-refractivity contribution >= 4 is 5.97 Å². The fraction of sp³-hybridized carbons (Fsp3) is 0.333. The van der Waals surface area contributed by atoms with Gasteiger partial charge in [-0.3, -0.25) is 0 Å². The molecule has 1 aromatic rings. The first kappa shape index (κ1) is 15.9. The number of carbonyl (C=O) groups is 1. The summed E-state index contributed by atoms with van der Waals surface area (Å²) in [5.41, 5.74) is 8.25. The summed E-state index contributed by atoms with van der Waals surface area (Å²) >= 11 is 0. The molecule has 0 saturated heterocycles. The van der Waals surface area contributed by atoms with E-state index in [2.05, 4.69) is 6.07 Å². The second kappa shape index (κ2) is 6.28. The summed E-state index contributed by atoms with van der Waals surface area (Å²) in [6, 6.07) is 7.73. The first-order chi connectivity index (χ1) is 11.6. The highest BCUT2D eigenvalue weighted by molar-refractivity contribution is 5.92. The average Bonchev–Trinajstić information content (AvgIpc) is 3.01. The number of nitrogens with two attached hydrogens (primary N) is 1. The van der Waals surface area contributed by atoms with Gasteiger partial charge in [-0.1, -0.05) is 12.1 Å². The molecule has 124 valence electrons. The number of nitrogens with zero attached hydrogens (tertiary/aromatic N) is 1. The highest BCUT2D eigenvalue weighted by Gasteiger charge is 2.36. The zero-order valence-corrected chi connectivity index (χ0v) is 13.6. The van der Waals surface area contributed by atoms with Crippen molar-refractivity contribution in [2.75, 3.05) is 13.2 Å². The summed E-state index contributed by atoms with van der Waals surface area (Å²) in [6.07, 6.45) is 0.797. The standard InChI is InChI=1S/C18H18N2O4/c1-3-22-18(21)15-10(2)24-17(20)13(9-19)16(15)12-4-5-14-11(8-12)6-7-23-14/h4-5,8,16H,3,6-7,20H2,1-2H3/t16-/m0/s1. The maximum Gasteiger partial charge on any atom is 0.338 e. The molecule has 2 aliphatic rings. The van der Waals surface area contributed by atoms with Gasteiger partial charge in [-0.05, 0) is 31.0 Å². The topological polar surface area (TPSA) is 94.6 Å². The second-order valence-electron chi connectivity index (χ2n) is 5.58. The van der Waals surface area contributed by atoms with Crippen LogP contribution in [0, 0.1) is 11.3 Å². The Balaban J connectivity index is 2.13. The zero-order chi connectivity index (χ0) is 17.3. The van der Waals surface area contributed by atoms with Crippen LogP contribution in [0.3, 0.4) is 0 Å². The Labute approximate surface area is 140 Å².